The van der Waals surface area contributed by atoms with E-state index in [-0.39, 0.29) is 0 Å². The molecule has 0 saturated heterocycles. The molecule has 108 valence electrons. The number of unbranched alkanes of at least 4 members (excludes halogenated alkanes) is 7. The number of aromatic hydroxyl groups is 1. The molecule has 0 aromatic heterocycles. The summed E-state index contributed by atoms with van der Waals surface area (Å²) in [6.07, 6.45) is 11.5. The molecule has 0 radical (unpaired) electrons. The molecule has 2 nitrogen and oxygen atoms in total. The van der Waals surface area contributed by atoms with E-state index in [1.807, 2.05) is 12.1 Å². The van der Waals surface area contributed by atoms with Crippen molar-refractivity contribution in [3.05, 3.63) is 23.8 Å². The highest BCUT2D eigenvalue weighted by atomic mass is 16.5. The Bertz CT molecular complexity index is 347. The summed E-state index contributed by atoms with van der Waals surface area (Å²) in [6, 6.07) is 5.58. The van der Waals surface area contributed by atoms with Crippen molar-refractivity contribution >= 4 is 0 Å². The molecule has 0 aliphatic carbocycles. The van der Waals surface area contributed by atoms with Crippen molar-refractivity contribution < 1.29 is 9.84 Å². The first kappa shape index (κ1) is 15.9. The molecule has 19 heavy (non-hydrogen) atoms. The van der Waals surface area contributed by atoms with Crippen molar-refractivity contribution in [1.82, 2.24) is 0 Å². The minimum atomic E-state index is 0.363. The average molecular weight is 264 g/mol. The Morgan fingerprint density at radius 1 is 0.947 bits per heavy atom. The van der Waals surface area contributed by atoms with Crippen LogP contribution in [0.25, 0.3) is 0 Å². The number of hydrogen-bond donors (Lipinski definition) is 1. The fourth-order valence-corrected chi connectivity index (χ4v) is 2.33. The van der Waals surface area contributed by atoms with Crippen molar-refractivity contribution in [2.75, 3.05) is 7.11 Å². The molecule has 1 aromatic carbocycles. The van der Waals surface area contributed by atoms with Crippen molar-refractivity contribution in [3.8, 4) is 11.5 Å². The maximum absolute atomic E-state index is 9.84. The van der Waals surface area contributed by atoms with Crippen LogP contribution in [0.3, 0.4) is 0 Å². The molecule has 0 unspecified atom stereocenters. The summed E-state index contributed by atoms with van der Waals surface area (Å²) < 4.78 is 5.08. The normalized spacial score (nSPS) is 10.6. The van der Waals surface area contributed by atoms with Gasteiger partial charge in [0.1, 0.15) is 11.5 Å². The summed E-state index contributed by atoms with van der Waals surface area (Å²) in [5.41, 5.74) is 1.03. The van der Waals surface area contributed by atoms with Crippen LogP contribution in [0.1, 0.15) is 63.9 Å². The number of aryl methyl sites for hydroxylation is 1. The molecule has 1 N–H and O–H groups in total. The van der Waals surface area contributed by atoms with E-state index < -0.39 is 0 Å². The highest BCUT2D eigenvalue weighted by molar-refractivity contribution is 5.39. The zero-order valence-electron chi connectivity index (χ0n) is 12.5. The lowest BCUT2D eigenvalue weighted by molar-refractivity contribution is 0.406. The number of hydrogen-bond acceptors (Lipinski definition) is 2. The molecule has 0 fully saturated rings. The van der Waals surface area contributed by atoms with E-state index in [0.717, 1.165) is 24.2 Å². The van der Waals surface area contributed by atoms with Crippen LogP contribution in [-0.2, 0) is 6.42 Å². The lowest BCUT2D eigenvalue weighted by atomic mass is 10.0. The topological polar surface area (TPSA) is 29.5 Å². The van der Waals surface area contributed by atoms with E-state index in [1.165, 1.54) is 44.9 Å². The number of methoxy groups -OCH3 is 1. The maximum Gasteiger partial charge on any atom is 0.122 e. The van der Waals surface area contributed by atoms with Crippen molar-refractivity contribution in [3.63, 3.8) is 0 Å². The van der Waals surface area contributed by atoms with Crippen molar-refractivity contribution in [1.29, 1.82) is 0 Å². The van der Waals surface area contributed by atoms with E-state index in [2.05, 4.69) is 6.92 Å². The second-order valence-corrected chi connectivity index (χ2v) is 5.22. The molecule has 0 aliphatic rings. The Hall–Kier alpha value is -1.18. The number of ether oxygens (including phenoxy) is 1. The molecule has 1 aromatic rings. The van der Waals surface area contributed by atoms with Gasteiger partial charge >= 0.3 is 0 Å². The maximum atomic E-state index is 9.84. The van der Waals surface area contributed by atoms with Crippen LogP contribution < -0.4 is 4.74 Å². The lowest BCUT2D eigenvalue weighted by Crippen LogP contribution is -1.89. The van der Waals surface area contributed by atoms with Gasteiger partial charge < -0.3 is 9.84 Å². The van der Waals surface area contributed by atoms with Gasteiger partial charge in [-0.05, 0) is 24.5 Å². The predicted molar refractivity (Wildman–Crippen MR) is 81.0 cm³/mol. The molecule has 0 bridgehead atoms. The van der Waals surface area contributed by atoms with Gasteiger partial charge in [0.05, 0.1) is 7.11 Å². The van der Waals surface area contributed by atoms with Gasteiger partial charge in [0.25, 0.3) is 0 Å². The molecule has 1 rings (SSSR count). The predicted octanol–water partition coefficient (Wildman–Crippen LogP) is 5.08. The highest BCUT2D eigenvalue weighted by Crippen LogP contribution is 2.25. The van der Waals surface area contributed by atoms with E-state index in [1.54, 1.807) is 13.2 Å². The first-order valence-electron chi connectivity index (χ1n) is 7.63. The van der Waals surface area contributed by atoms with Gasteiger partial charge in [0.15, 0.2) is 0 Å². The van der Waals surface area contributed by atoms with Crippen LogP contribution in [0.2, 0.25) is 0 Å². The van der Waals surface area contributed by atoms with Crippen LogP contribution in [0.5, 0.6) is 11.5 Å². The van der Waals surface area contributed by atoms with Crippen LogP contribution in [0.4, 0.5) is 0 Å². The van der Waals surface area contributed by atoms with E-state index in [0.29, 0.717) is 5.75 Å². The third-order valence-corrected chi connectivity index (χ3v) is 3.59. The molecule has 0 heterocycles. The summed E-state index contributed by atoms with van der Waals surface area (Å²) in [5.74, 6) is 1.08. The fourth-order valence-electron chi connectivity index (χ4n) is 2.33. The van der Waals surface area contributed by atoms with Gasteiger partial charge in [-0.15, -0.1) is 0 Å². The SMILES string of the molecule is CCCCCCCCCCc1ccc(OC)cc1O. The molecular weight excluding hydrogens is 236 g/mol. The fraction of sp³-hybridized carbons (Fsp3) is 0.647. The van der Waals surface area contributed by atoms with Gasteiger partial charge in [-0.3, -0.25) is 0 Å². The molecule has 0 saturated carbocycles. The number of rotatable bonds is 10. The second-order valence-electron chi connectivity index (χ2n) is 5.22. The van der Waals surface area contributed by atoms with Gasteiger partial charge in [-0.1, -0.05) is 57.9 Å². The van der Waals surface area contributed by atoms with Crippen LogP contribution >= 0.6 is 0 Å². The average Bonchev–Trinajstić information content (AvgIpc) is 2.43. The number of phenolic OH excluding ortho intramolecular Hbond substituents is 1. The van der Waals surface area contributed by atoms with E-state index in [9.17, 15) is 5.11 Å². The highest BCUT2D eigenvalue weighted by Gasteiger charge is 2.02. The summed E-state index contributed by atoms with van der Waals surface area (Å²) in [6.45, 7) is 2.25. The Morgan fingerprint density at radius 2 is 1.58 bits per heavy atom. The number of phenols is 1. The molecule has 0 spiro atoms. The minimum Gasteiger partial charge on any atom is -0.508 e. The van der Waals surface area contributed by atoms with Crippen molar-refractivity contribution in [2.24, 2.45) is 0 Å². The molecule has 0 amide bonds. The second kappa shape index (κ2) is 9.71. The monoisotopic (exact) mass is 264 g/mol. The smallest absolute Gasteiger partial charge is 0.122 e. The lowest BCUT2D eigenvalue weighted by Gasteiger charge is -2.07. The largest absolute Gasteiger partial charge is 0.508 e. The van der Waals surface area contributed by atoms with Crippen LogP contribution in [0, 0.1) is 0 Å². The Balaban J connectivity index is 2.12. The third kappa shape index (κ3) is 6.51. The van der Waals surface area contributed by atoms with Gasteiger partial charge in [-0.2, -0.15) is 0 Å². The first-order chi connectivity index (χ1) is 9.27. The summed E-state index contributed by atoms with van der Waals surface area (Å²) in [5, 5.41) is 9.84. The van der Waals surface area contributed by atoms with Gasteiger partial charge in [0, 0.05) is 6.07 Å². The first-order valence-corrected chi connectivity index (χ1v) is 7.63. The van der Waals surface area contributed by atoms with E-state index >= 15 is 0 Å². The molecule has 0 aliphatic heterocycles. The van der Waals surface area contributed by atoms with Gasteiger partial charge in [-0.25, -0.2) is 0 Å². The van der Waals surface area contributed by atoms with Crippen LogP contribution in [0.15, 0.2) is 18.2 Å². The molecule has 2 heteroatoms. The third-order valence-electron chi connectivity index (χ3n) is 3.59. The Kier molecular flexibility index (Phi) is 8.11. The summed E-state index contributed by atoms with van der Waals surface area (Å²) in [4.78, 5) is 0. The zero-order chi connectivity index (χ0) is 13.9. The van der Waals surface area contributed by atoms with Crippen molar-refractivity contribution in [2.45, 2.75) is 64.7 Å². The standard InChI is InChI=1S/C17H28O2/c1-3-4-5-6-7-8-9-10-11-15-12-13-16(19-2)14-17(15)18/h12-14,18H,3-11H2,1-2H3. The molecule has 0 atom stereocenters. The quantitative estimate of drug-likeness (QED) is 0.597. The molecular formula is C17H28O2. The number of benzene rings is 1. The minimum absolute atomic E-state index is 0.363. The van der Waals surface area contributed by atoms with E-state index in [4.69, 9.17) is 4.74 Å². The Labute approximate surface area is 117 Å². The zero-order valence-corrected chi connectivity index (χ0v) is 12.5. The summed E-state index contributed by atoms with van der Waals surface area (Å²) in [7, 11) is 1.62. The van der Waals surface area contributed by atoms with Crippen LogP contribution in [-0.4, -0.2) is 12.2 Å². The Morgan fingerprint density at radius 3 is 2.16 bits per heavy atom. The van der Waals surface area contributed by atoms with Gasteiger partial charge in [0.2, 0.25) is 0 Å². The summed E-state index contributed by atoms with van der Waals surface area (Å²) >= 11 is 0.